The van der Waals surface area contributed by atoms with E-state index < -0.39 is 39.5 Å². The maximum absolute atomic E-state index is 14.3. The lowest BCUT2D eigenvalue weighted by Crippen LogP contribution is -2.65. The number of Topliss-reactive ketones (excluding diaryl/α,β-unsaturated/α-hetero) is 1. The van der Waals surface area contributed by atoms with E-state index in [1.807, 2.05) is 33.8 Å². The SMILES string of the molecule is COC(=O)[C@@]12CCC3[C@H](C(=O)C=C4[C@@]5(C)[C@H]6O[C@@]6(C#N)C(=O)C(C)(C)[C@@H]5CC[C@]43C)[C@@H]1CC(C)(C)[C@H](O)C2. The molecule has 0 aromatic heterocycles. The molecule has 5 fully saturated rings. The average Bonchev–Trinajstić information content (AvgIpc) is 3.61. The molecule has 0 amide bonds. The number of fused-ring (bicyclic) bond motifs is 9. The second-order valence-electron chi connectivity index (χ2n) is 15.0. The molecule has 38 heavy (non-hydrogen) atoms. The number of hydrogen-bond donors (Lipinski definition) is 1. The molecule has 6 rings (SSSR count). The van der Waals surface area contributed by atoms with Gasteiger partial charge in [0.25, 0.3) is 0 Å². The Balaban J connectivity index is 1.49. The minimum atomic E-state index is -1.43. The van der Waals surface area contributed by atoms with Crippen molar-refractivity contribution in [1.29, 1.82) is 5.26 Å². The highest BCUT2D eigenvalue weighted by molar-refractivity contribution is 6.01. The van der Waals surface area contributed by atoms with E-state index in [4.69, 9.17) is 9.47 Å². The largest absolute Gasteiger partial charge is 0.469 e. The number of methoxy groups -OCH3 is 1. The lowest BCUT2D eigenvalue weighted by molar-refractivity contribution is -0.190. The number of ketones is 2. The number of esters is 1. The molecule has 1 N–H and O–H groups in total. The van der Waals surface area contributed by atoms with Crippen LogP contribution >= 0.6 is 0 Å². The Kier molecular flexibility index (Phi) is 5.08. The number of nitrogens with zero attached hydrogens (tertiary/aromatic N) is 1. The summed E-state index contributed by atoms with van der Waals surface area (Å²) in [6, 6.07) is 2.21. The maximum Gasteiger partial charge on any atom is 0.312 e. The van der Waals surface area contributed by atoms with Gasteiger partial charge in [0.1, 0.15) is 12.2 Å². The van der Waals surface area contributed by atoms with Crippen molar-refractivity contribution in [2.75, 3.05) is 7.11 Å². The maximum atomic E-state index is 14.3. The number of hydrogen-bond acceptors (Lipinski definition) is 7. The molecule has 7 nitrogen and oxygen atoms in total. The van der Waals surface area contributed by atoms with Crippen LogP contribution in [-0.4, -0.2) is 47.6 Å². The zero-order valence-corrected chi connectivity index (χ0v) is 23.7. The first kappa shape index (κ1) is 26.2. The third-order valence-electron chi connectivity index (χ3n) is 12.7. The van der Waals surface area contributed by atoms with E-state index in [-0.39, 0.29) is 46.6 Å². The molecule has 0 aromatic carbocycles. The number of carbonyl (C=O) groups is 3. The highest BCUT2D eigenvalue weighted by Gasteiger charge is 2.82. The molecule has 206 valence electrons. The van der Waals surface area contributed by atoms with E-state index in [1.54, 1.807) is 0 Å². The van der Waals surface area contributed by atoms with Crippen LogP contribution in [0, 0.1) is 62.1 Å². The fourth-order valence-corrected chi connectivity index (χ4v) is 10.7. The van der Waals surface area contributed by atoms with Gasteiger partial charge in [-0.25, -0.2) is 0 Å². The summed E-state index contributed by atoms with van der Waals surface area (Å²) >= 11 is 0. The van der Waals surface area contributed by atoms with Gasteiger partial charge in [-0.1, -0.05) is 47.1 Å². The highest BCUT2D eigenvalue weighted by Crippen LogP contribution is 2.75. The molecule has 7 heteroatoms. The molecule has 0 radical (unpaired) electrons. The van der Waals surface area contributed by atoms with Crippen LogP contribution in [-0.2, 0) is 23.9 Å². The summed E-state index contributed by atoms with van der Waals surface area (Å²) in [7, 11) is 1.40. The molecule has 4 saturated carbocycles. The first-order chi connectivity index (χ1) is 17.6. The van der Waals surface area contributed by atoms with Gasteiger partial charge in [-0.15, -0.1) is 0 Å². The van der Waals surface area contributed by atoms with Gasteiger partial charge in [-0.2, -0.15) is 5.26 Å². The van der Waals surface area contributed by atoms with Crippen LogP contribution in [0.3, 0.4) is 0 Å². The van der Waals surface area contributed by atoms with Crippen LogP contribution in [0.2, 0.25) is 0 Å². The Morgan fingerprint density at radius 3 is 2.39 bits per heavy atom. The number of carbonyl (C=O) groups excluding carboxylic acids is 3. The second-order valence-corrected chi connectivity index (χ2v) is 15.0. The highest BCUT2D eigenvalue weighted by atomic mass is 16.6. The van der Waals surface area contributed by atoms with Crippen molar-refractivity contribution >= 4 is 17.5 Å². The number of ether oxygens (including phenoxy) is 2. The molecule has 0 aromatic rings. The van der Waals surface area contributed by atoms with Gasteiger partial charge in [-0.05, 0) is 73.2 Å². The van der Waals surface area contributed by atoms with Crippen LogP contribution in [0.25, 0.3) is 0 Å². The summed E-state index contributed by atoms with van der Waals surface area (Å²) in [6.45, 7) is 12.3. The van der Waals surface area contributed by atoms with Crippen LogP contribution in [0.5, 0.6) is 0 Å². The van der Waals surface area contributed by atoms with E-state index in [9.17, 15) is 24.8 Å². The molecule has 1 aliphatic heterocycles. The third-order valence-corrected chi connectivity index (χ3v) is 12.7. The number of rotatable bonds is 1. The Morgan fingerprint density at radius 2 is 1.76 bits per heavy atom. The number of aliphatic hydroxyl groups is 1. The van der Waals surface area contributed by atoms with Crippen molar-refractivity contribution in [2.45, 2.75) is 97.9 Å². The van der Waals surface area contributed by atoms with E-state index in [1.165, 1.54) is 7.11 Å². The fraction of sp³-hybridized carbons (Fsp3) is 0.806. The second kappa shape index (κ2) is 7.37. The Hall–Kier alpha value is -2.04. The first-order valence-electron chi connectivity index (χ1n) is 14.2. The van der Waals surface area contributed by atoms with Gasteiger partial charge in [0.05, 0.1) is 18.6 Å². The van der Waals surface area contributed by atoms with Crippen molar-refractivity contribution < 1.29 is 29.0 Å². The van der Waals surface area contributed by atoms with Crippen molar-refractivity contribution in [2.24, 2.45) is 50.7 Å². The Labute approximate surface area is 225 Å². The van der Waals surface area contributed by atoms with E-state index in [2.05, 4.69) is 19.9 Å². The molecular formula is C31H41NO6. The minimum Gasteiger partial charge on any atom is -0.469 e. The predicted molar refractivity (Wildman–Crippen MR) is 137 cm³/mol. The summed E-state index contributed by atoms with van der Waals surface area (Å²) in [5, 5.41) is 21.1. The number of aliphatic hydroxyl groups excluding tert-OH is 1. The first-order valence-corrected chi connectivity index (χ1v) is 14.2. The number of epoxide rings is 1. The van der Waals surface area contributed by atoms with Crippen molar-refractivity contribution in [3.05, 3.63) is 11.6 Å². The van der Waals surface area contributed by atoms with Crippen LogP contribution in [0.4, 0.5) is 0 Å². The topological polar surface area (TPSA) is 117 Å². The molecule has 1 saturated heterocycles. The van der Waals surface area contributed by atoms with Crippen LogP contribution in [0.1, 0.15) is 80.1 Å². The monoisotopic (exact) mass is 523 g/mol. The minimum absolute atomic E-state index is 0.0262. The number of allylic oxidation sites excluding steroid dienone is 1. The van der Waals surface area contributed by atoms with E-state index in [0.29, 0.717) is 25.7 Å². The smallest absolute Gasteiger partial charge is 0.312 e. The molecule has 10 atom stereocenters. The zero-order chi connectivity index (χ0) is 27.8. The Morgan fingerprint density at radius 1 is 1.08 bits per heavy atom. The Bertz CT molecular complexity index is 1230. The summed E-state index contributed by atoms with van der Waals surface area (Å²) in [4.78, 5) is 41.1. The van der Waals surface area contributed by atoms with Crippen molar-refractivity contribution in [3.63, 3.8) is 0 Å². The van der Waals surface area contributed by atoms with Gasteiger partial charge in [0, 0.05) is 16.7 Å². The molecule has 0 bridgehead atoms. The zero-order valence-electron chi connectivity index (χ0n) is 23.7. The van der Waals surface area contributed by atoms with Gasteiger partial charge < -0.3 is 14.6 Å². The number of nitriles is 1. The lowest BCUT2D eigenvalue weighted by atomic mass is 9.37. The lowest BCUT2D eigenvalue weighted by Gasteiger charge is -2.65. The summed E-state index contributed by atoms with van der Waals surface area (Å²) in [6.07, 6.45) is 4.49. The van der Waals surface area contributed by atoms with Gasteiger partial charge in [0.2, 0.25) is 5.60 Å². The van der Waals surface area contributed by atoms with Crippen LogP contribution in [0.15, 0.2) is 11.6 Å². The van der Waals surface area contributed by atoms with Crippen LogP contribution < -0.4 is 0 Å². The summed E-state index contributed by atoms with van der Waals surface area (Å²) in [5.74, 6) is -0.932. The molecule has 1 heterocycles. The van der Waals surface area contributed by atoms with Gasteiger partial charge >= 0.3 is 5.97 Å². The molecule has 6 aliphatic rings. The standard InChI is InChI=1S/C31H41NO6/c1-26(2)13-17-22-16(8-11-30(17,14-21(26)34)25(36)37-7)28(5)10-9-19-27(3,4)23(35)31(15-32)24(38-31)29(19,6)20(28)12-18(22)33/h12,16-17,19,21-22,24,34H,8-11,13-14H2,1-7H3/t16?,17-,19-,21+,22-,24+,28-,29-,30+,31-/m0/s1. The molecule has 0 spiro atoms. The van der Waals surface area contributed by atoms with Gasteiger partial charge in [0.15, 0.2) is 11.6 Å². The quantitative estimate of drug-likeness (QED) is 0.405. The molecule has 1 unspecified atom stereocenters. The summed E-state index contributed by atoms with van der Waals surface area (Å²) in [5.41, 5.74) is -3.32. The molecular weight excluding hydrogens is 482 g/mol. The van der Waals surface area contributed by atoms with Crippen molar-refractivity contribution in [1.82, 2.24) is 0 Å². The third kappa shape index (κ3) is 2.74. The van der Waals surface area contributed by atoms with E-state index in [0.717, 1.165) is 18.4 Å². The van der Waals surface area contributed by atoms with E-state index >= 15 is 0 Å². The average molecular weight is 524 g/mol. The summed E-state index contributed by atoms with van der Waals surface area (Å²) < 4.78 is 11.4. The normalized spacial score (nSPS) is 51.6. The fourth-order valence-electron chi connectivity index (χ4n) is 10.7. The van der Waals surface area contributed by atoms with Crippen molar-refractivity contribution in [3.8, 4) is 6.07 Å². The molecule has 5 aliphatic carbocycles. The van der Waals surface area contributed by atoms with Gasteiger partial charge in [-0.3, -0.25) is 14.4 Å². The predicted octanol–water partition coefficient (Wildman–Crippen LogP) is 4.17.